The molecular formula is C14H19N3OS2. The Hall–Kier alpha value is -1.24. The first-order chi connectivity index (χ1) is 9.54. The van der Waals surface area contributed by atoms with Crippen LogP contribution in [0.2, 0.25) is 0 Å². The van der Waals surface area contributed by atoms with Crippen molar-refractivity contribution in [3.63, 3.8) is 0 Å². The Labute approximate surface area is 127 Å². The second kappa shape index (κ2) is 6.97. The monoisotopic (exact) mass is 309 g/mol. The summed E-state index contributed by atoms with van der Waals surface area (Å²) in [5.41, 5.74) is 1.00. The maximum Gasteiger partial charge on any atom is 0.234 e. The fourth-order valence-corrected chi connectivity index (χ4v) is 3.49. The van der Waals surface area contributed by atoms with E-state index >= 15 is 0 Å². The Morgan fingerprint density at radius 2 is 2.25 bits per heavy atom. The number of rotatable bonds is 6. The van der Waals surface area contributed by atoms with Crippen LogP contribution in [0.1, 0.15) is 21.6 Å². The van der Waals surface area contributed by atoms with Gasteiger partial charge in [-0.15, -0.1) is 22.7 Å². The van der Waals surface area contributed by atoms with Gasteiger partial charge in [0.15, 0.2) is 0 Å². The van der Waals surface area contributed by atoms with Gasteiger partial charge in [0.2, 0.25) is 5.91 Å². The fraction of sp³-hybridized carbons (Fsp3) is 0.429. The van der Waals surface area contributed by atoms with Gasteiger partial charge < -0.3 is 10.2 Å². The van der Waals surface area contributed by atoms with Crippen LogP contribution in [0.15, 0.2) is 22.9 Å². The number of aromatic nitrogens is 1. The molecule has 0 aliphatic heterocycles. The normalized spacial score (nSPS) is 12.6. The van der Waals surface area contributed by atoms with Crippen LogP contribution >= 0.6 is 22.7 Å². The molecule has 2 aromatic heterocycles. The molecule has 0 aliphatic rings. The number of aryl methyl sites for hydroxylation is 1. The highest BCUT2D eigenvalue weighted by Gasteiger charge is 2.19. The molecule has 0 saturated carbocycles. The molecule has 0 saturated heterocycles. The molecule has 0 unspecified atom stereocenters. The Morgan fingerprint density at radius 1 is 1.45 bits per heavy atom. The molecule has 0 fully saturated rings. The minimum absolute atomic E-state index is 0.0319. The summed E-state index contributed by atoms with van der Waals surface area (Å²) in [6.07, 6.45) is 0.795. The Morgan fingerprint density at radius 3 is 2.80 bits per heavy atom. The zero-order valence-electron chi connectivity index (χ0n) is 11.9. The second-order valence-corrected chi connectivity index (χ2v) is 6.89. The average molecular weight is 309 g/mol. The van der Waals surface area contributed by atoms with Crippen molar-refractivity contribution in [1.82, 2.24) is 15.2 Å². The molecule has 1 atom stereocenters. The van der Waals surface area contributed by atoms with Gasteiger partial charge in [-0.3, -0.25) is 4.79 Å². The molecule has 1 amide bonds. The topological polar surface area (TPSA) is 45.2 Å². The first-order valence-electron chi connectivity index (χ1n) is 6.43. The van der Waals surface area contributed by atoms with Crippen molar-refractivity contribution in [3.8, 4) is 0 Å². The summed E-state index contributed by atoms with van der Waals surface area (Å²) in [5.74, 6) is 0.0319. The van der Waals surface area contributed by atoms with E-state index in [1.807, 2.05) is 37.4 Å². The van der Waals surface area contributed by atoms with Gasteiger partial charge in [-0.25, -0.2) is 4.98 Å². The summed E-state index contributed by atoms with van der Waals surface area (Å²) >= 11 is 3.31. The number of likely N-dealkylation sites (N-methyl/N-ethyl adjacent to an activating group) is 1. The Balaban J connectivity index is 2.09. The third-order valence-electron chi connectivity index (χ3n) is 2.72. The van der Waals surface area contributed by atoms with Gasteiger partial charge in [0.25, 0.3) is 0 Å². The molecule has 6 heteroatoms. The van der Waals surface area contributed by atoms with Crippen LogP contribution < -0.4 is 5.32 Å². The van der Waals surface area contributed by atoms with E-state index in [0.29, 0.717) is 6.54 Å². The summed E-state index contributed by atoms with van der Waals surface area (Å²) in [5, 5.41) is 8.14. The summed E-state index contributed by atoms with van der Waals surface area (Å²) in [6.45, 7) is 2.37. The van der Waals surface area contributed by atoms with E-state index in [-0.39, 0.29) is 11.9 Å². The van der Waals surface area contributed by atoms with Gasteiger partial charge in [-0.2, -0.15) is 0 Å². The minimum Gasteiger partial charge on any atom is -0.345 e. The number of hydrogen-bond donors (Lipinski definition) is 1. The summed E-state index contributed by atoms with van der Waals surface area (Å²) in [6, 6.07) is 4.09. The lowest BCUT2D eigenvalue weighted by Crippen LogP contribution is -2.36. The number of thiophene rings is 1. The number of thiazole rings is 1. The van der Waals surface area contributed by atoms with E-state index in [2.05, 4.69) is 21.7 Å². The van der Waals surface area contributed by atoms with Gasteiger partial charge in [0, 0.05) is 22.4 Å². The highest BCUT2D eigenvalue weighted by Crippen LogP contribution is 2.24. The third kappa shape index (κ3) is 4.40. The van der Waals surface area contributed by atoms with E-state index < -0.39 is 0 Å². The number of carbonyl (C=O) groups excluding carboxylic acids is 1. The molecule has 2 rings (SSSR count). The number of amides is 1. The summed E-state index contributed by atoms with van der Waals surface area (Å²) in [7, 11) is 3.78. The largest absolute Gasteiger partial charge is 0.345 e. The van der Waals surface area contributed by atoms with Crippen molar-refractivity contribution in [2.24, 2.45) is 0 Å². The average Bonchev–Trinajstić information content (AvgIpc) is 2.98. The minimum atomic E-state index is -0.0419. The van der Waals surface area contributed by atoms with Gasteiger partial charge in [-0.05, 0) is 32.5 Å². The van der Waals surface area contributed by atoms with Gasteiger partial charge >= 0.3 is 0 Å². The van der Waals surface area contributed by atoms with E-state index in [9.17, 15) is 4.79 Å². The van der Waals surface area contributed by atoms with Crippen LogP contribution in [0.4, 0.5) is 0 Å². The first kappa shape index (κ1) is 15.2. The quantitative estimate of drug-likeness (QED) is 0.891. The van der Waals surface area contributed by atoms with Crippen LogP contribution in [0.5, 0.6) is 0 Å². The summed E-state index contributed by atoms with van der Waals surface area (Å²) < 4.78 is 0. The van der Waals surface area contributed by atoms with E-state index in [0.717, 1.165) is 17.1 Å². The maximum atomic E-state index is 12.0. The summed E-state index contributed by atoms with van der Waals surface area (Å²) in [4.78, 5) is 19.6. The molecule has 4 nitrogen and oxygen atoms in total. The van der Waals surface area contributed by atoms with Crippen LogP contribution in [0, 0.1) is 6.92 Å². The van der Waals surface area contributed by atoms with Crippen molar-refractivity contribution >= 4 is 28.6 Å². The molecule has 108 valence electrons. The van der Waals surface area contributed by atoms with Crippen LogP contribution in [0.25, 0.3) is 0 Å². The number of nitrogens with one attached hydrogen (secondary N) is 1. The molecule has 2 heterocycles. The zero-order valence-corrected chi connectivity index (χ0v) is 13.6. The van der Waals surface area contributed by atoms with Crippen LogP contribution in [0.3, 0.4) is 0 Å². The maximum absolute atomic E-state index is 12.0. The smallest absolute Gasteiger partial charge is 0.234 e. The van der Waals surface area contributed by atoms with Crippen LogP contribution in [-0.4, -0.2) is 36.4 Å². The predicted molar refractivity (Wildman–Crippen MR) is 84.3 cm³/mol. The van der Waals surface area contributed by atoms with Gasteiger partial charge in [0.05, 0.1) is 12.6 Å². The first-order valence-corrected chi connectivity index (χ1v) is 8.19. The zero-order chi connectivity index (χ0) is 14.5. The molecule has 1 N–H and O–H groups in total. The molecule has 0 spiro atoms. The number of nitrogens with zero attached hydrogens (tertiary/aromatic N) is 2. The van der Waals surface area contributed by atoms with Crippen molar-refractivity contribution < 1.29 is 4.79 Å². The Kier molecular flexibility index (Phi) is 5.28. The van der Waals surface area contributed by atoms with Crippen molar-refractivity contribution in [2.75, 3.05) is 20.6 Å². The van der Waals surface area contributed by atoms with Crippen molar-refractivity contribution in [3.05, 3.63) is 38.5 Å². The molecule has 0 bridgehead atoms. The second-order valence-electron chi connectivity index (χ2n) is 4.97. The third-order valence-corrected chi connectivity index (χ3v) is 4.69. The molecular weight excluding hydrogens is 290 g/mol. The lowest BCUT2D eigenvalue weighted by Gasteiger charge is -2.17. The molecule has 0 radical (unpaired) electrons. The SMILES string of the molecule is Cc1csc([C@@H](Cc2cccs2)NC(=O)CN(C)C)n1. The predicted octanol–water partition coefficient (Wildman–Crippen LogP) is 2.47. The Bertz CT molecular complexity index is 549. The van der Waals surface area contributed by atoms with Crippen molar-refractivity contribution in [2.45, 2.75) is 19.4 Å². The molecule has 2 aromatic rings. The van der Waals surface area contributed by atoms with Gasteiger partial charge in [0.1, 0.15) is 5.01 Å². The van der Waals surface area contributed by atoms with Crippen molar-refractivity contribution in [1.29, 1.82) is 0 Å². The lowest BCUT2D eigenvalue weighted by atomic mass is 10.2. The van der Waals surface area contributed by atoms with Crippen LogP contribution in [-0.2, 0) is 11.2 Å². The van der Waals surface area contributed by atoms with E-state index in [4.69, 9.17) is 0 Å². The fourth-order valence-electron chi connectivity index (χ4n) is 1.89. The highest BCUT2D eigenvalue weighted by atomic mass is 32.1. The standard InChI is InChI=1S/C14H19N3OS2/c1-10-9-20-14(15-10)12(7-11-5-4-6-19-11)16-13(18)8-17(2)3/h4-6,9,12H,7-8H2,1-3H3,(H,16,18)/t12-/m1/s1. The van der Waals surface area contributed by atoms with Gasteiger partial charge in [-0.1, -0.05) is 6.07 Å². The van der Waals surface area contributed by atoms with E-state index in [1.54, 1.807) is 22.7 Å². The van der Waals surface area contributed by atoms with E-state index in [1.165, 1.54) is 4.88 Å². The molecule has 0 aliphatic carbocycles. The number of carbonyl (C=O) groups is 1. The lowest BCUT2D eigenvalue weighted by molar-refractivity contribution is -0.122. The highest BCUT2D eigenvalue weighted by molar-refractivity contribution is 7.10. The molecule has 0 aromatic carbocycles. The number of hydrogen-bond acceptors (Lipinski definition) is 5. The molecule has 20 heavy (non-hydrogen) atoms.